The van der Waals surface area contributed by atoms with Crippen LogP contribution in [0.25, 0.3) is 0 Å². The predicted octanol–water partition coefficient (Wildman–Crippen LogP) is 2.19. The number of hydrogen-bond acceptors (Lipinski definition) is 5. The van der Waals surface area contributed by atoms with Crippen molar-refractivity contribution in [3.05, 3.63) is 35.9 Å². The zero-order chi connectivity index (χ0) is 17.5. The Morgan fingerprint density at radius 3 is 2.52 bits per heavy atom. The maximum atomic E-state index is 12.1. The molecular weight excluding hydrogens is 314 g/mol. The van der Waals surface area contributed by atoms with E-state index in [4.69, 9.17) is 6.42 Å². The molecule has 1 aromatic rings. The Morgan fingerprint density at radius 2 is 1.88 bits per heavy atom. The van der Waals surface area contributed by atoms with Gasteiger partial charge in [-0.05, 0) is 5.56 Å². The third-order valence-electron chi connectivity index (χ3n) is 4.71. The number of amides is 1. The number of carbonyl (C=O) groups excluding carboxylic acids is 1. The molecule has 25 heavy (non-hydrogen) atoms. The Hall–Kier alpha value is -2.23. The zero-order valence-corrected chi connectivity index (χ0v) is 14.5. The molecule has 2 aliphatic heterocycles. The molecule has 6 nitrogen and oxygen atoms in total. The standard InChI is InChI=1S/C19H25N5O/c1-2-3-10-19(21-22-19)11-9-18(25)20-24-14-12-23(13-15-24)16-17-7-5-4-6-8-17/h1,4-8H,3,9-16H2,(H,20,25). The highest BCUT2D eigenvalue weighted by Gasteiger charge is 2.39. The van der Waals surface area contributed by atoms with Crippen LogP contribution in [0, 0.1) is 12.3 Å². The summed E-state index contributed by atoms with van der Waals surface area (Å²) in [6.45, 7) is 4.55. The fourth-order valence-corrected chi connectivity index (χ4v) is 3.07. The number of terminal acetylenes is 1. The first-order chi connectivity index (χ1) is 12.2. The molecule has 0 bridgehead atoms. The summed E-state index contributed by atoms with van der Waals surface area (Å²) in [5.74, 6) is 2.64. The highest BCUT2D eigenvalue weighted by Crippen LogP contribution is 2.37. The van der Waals surface area contributed by atoms with E-state index in [1.165, 1.54) is 5.56 Å². The molecule has 6 heteroatoms. The second-order valence-electron chi connectivity index (χ2n) is 6.67. The molecule has 1 aromatic carbocycles. The zero-order valence-electron chi connectivity index (χ0n) is 14.5. The first-order valence-corrected chi connectivity index (χ1v) is 8.87. The van der Waals surface area contributed by atoms with Crippen LogP contribution in [0.1, 0.15) is 31.2 Å². The number of rotatable bonds is 8. The van der Waals surface area contributed by atoms with Gasteiger partial charge in [0.2, 0.25) is 5.91 Å². The van der Waals surface area contributed by atoms with Crippen LogP contribution in [-0.2, 0) is 11.3 Å². The Morgan fingerprint density at radius 1 is 1.16 bits per heavy atom. The van der Waals surface area contributed by atoms with Gasteiger partial charge in [-0.25, -0.2) is 5.01 Å². The molecule has 132 valence electrons. The summed E-state index contributed by atoms with van der Waals surface area (Å²) < 4.78 is 0. The van der Waals surface area contributed by atoms with Gasteiger partial charge in [0.1, 0.15) is 0 Å². The van der Waals surface area contributed by atoms with E-state index in [0.29, 0.717) is 19.3 Å². The van der Waals surface area contributed by atoms with Crippen molar-refractivity contribution in [1.82, 2.24) is 15.3 Å². The van der Waals surface area contributed by atoms with E-state index in [-0.39, 0.29) is 11.6 Å². The van der Waals surface area contributed by atoms with E-state index in [9.17, 15) is 4.79 Å². The van der Waals surface area contributed by atoms with Gasteiger partial charge in [-0.15, -0.1) is 12.3 Å². The Balaban J connectivity index is 1.33. The van der Waals surface area contributed by atoms with Crippen LogP contribution in [0.15, 0.2) is 40.6 Å². The SMILES string of the molecule is C#CCCC1(CCC(=O)NN2CCN(Cc3ccccc3)CC2)N=N1. The van der Waals surface area contributed by atoms with Crippen molar-refractivity contribution in [3.8, 4) is 12.3 Å². The minimum atomic E-state index is -0.377. The van der Waals surface area contributed by atoms with E-state index in [1.54, 1.807) is 0 Å². The summed E-state index contributed by atoms with van der Waals surface area (Å²) >= 11 is 0. The van der Waals surface area contributed by atoms with Gasteiger partial charge in [-0.3, -0.25) is 15.1 Å². The largest absolute Gasteiger partial charge is 0.296 e. The van der Waals surface area contributed by atoms with Gasteiger partial charge in [0.05, 0.1) is 0 Å². The highest BCUT2D eigenvalue weighted by molar-refractivity contribution is 5.75. The smallest absolute Gasteiger partial charge is 0.234 e. The quantitative estimate of drug-likeness (QED) is 0.739. The monoisotopic (exact) mass is 339 g/mol. The number of hydrogen-bond donors (Lipinski definition) is 1. The third kappa shape index (κ3) is 5.38. The fraction of sp³-hybridized carbons (Fsp3) is 0.526. The van der Waals surface area contributed by atoms with E-state index < -0.39 is 0 Å². The lowest BCUT2D eigenvalue weighted by atomic mass is 10.0. The summed E-state index contributed by atoms with van der Waals surface area (Å²) in [5, 5.41) is 10.2. The lowest BCUT2D eigenvalue weighted by Crippen LogP contribution is -2.53. The second-order valence-corrected chi connectivity index (χ2v) is 6.67. The van der Waals surface area contributed by atoms with Crippen LogP contribution in [0.2, 0.25) is 0 Å². The molecule has 0 unspecified atom stereocenters. The molecule has 1 N–H and O–H groups in total. The first kappa shape index (κ1) is 17.6. The van der Waals surface area contributed by atoms with Crippen LogP contribution in [0.5, 0.6) is 0 Å². The minimum Gasteiger partial charge on any atom is -0.296 e. The molecule has 1 saturated heterocycles. The van der Waals surface area contributed by atoms with Crippen LogP contribution in [0.4, 0.5) is 0 Å². The number of benzene rings is 1. The van der Waals surface area contributed by atoms with Crippen LogP contribution in [-0.4, -0.2) is 47.7 Å². The van der Waals surface area contributed by atoms with Gasteiger partial charge in [0.25, 0.3) is 0 Å². The Labute approximate surface area is 149 Å². The molecule has 1 amide bonds. The molecule has 0 radical (unpaired) electrons. The summed E-state index contributed by atoms with van der Waals surface area (Å²) in [4.78, 5) is 14.6. The fourth-order valence-electron chi connectivity index (χ4n) is 3.07. The lowest BCUT2D eigenvalue weighted by Gasteiger charge is -2.34. The van der Waals surface area contributed by atoms with Crippen LogP contribution < -0.4 is 5.43 Å². The summed E-state index contributed by atoms with van der Waals surface area (Å²) in [5.41, 5.74) is 3.95. The molecule has 0 spiro atoms. The Kier molecular flexibility index (Phi) is 5.79. The van der Waals surface area contributed by atoms with Crippen molar-refractivity contribution in [2.24, 2.45) is 10.2 Å². The highest BCUT2D eigenvalue weighted by atomic mass is 16.2. The van der Waals surface area contributed by atoms with Gasteiger partial charge >= 0.3 is 0 Å². The number of hydrazine groups is 1. The molecule has 0 aromatic heterocycles. The van der Waals surface area contributed by atoms with Crippen molar-refractivity contribution in [2.45, 2.75) is 37.9 Å². The maximum Gasteiger partial charge on any atom is 0.234 e. The lowest BCUT2D eigenvalue weighted by molar-refractivity contribution is -0.127. The molecule has 0 saturated carbocycles. The van der Waals surface area contributed by atoms with Crippen LogP contribution in [0.3, 0.4) is 0 Å². The van der Waals surface area contributed by atoms with Gasteiger partial charge in [0, 0.05) is 58.4 Å². The Bertz CT molecular complexity index is 638. The number of nitrogens with zero attached hydrogens (tertiary/aromatic N) is 4. The molecule has 2 heterocycles. The average Bonchev–Trinajstić information content (AvgIpc) is 3.41. The molecule has 3 rings (SSSR count). The first-order valence-electron chi connectivity index (χ1n) is 8.87. The van der Waals surface area contributed by atoms with Crippen molar-refractivity contribution < 1.29 is 4.79 Å². The van der Waals surface area contributed by atoms with Crippen molar-refractivity contribution in [1.29, 1.82) is 0 Å². The van der Waals surface area contributed by atoms with Crippen molar-refractivity contribution in [3.63, 3.8) is 0 Å². The number of nitrogens with one attached hydrogen (secondary N) is 1. The molecule has 0 aliphatic carbocycles. The topological polar surface area (TPSA) is 60.3 Å². The van der Waals surface area contributed by atoms with E-state index in [1.807, 2.05) is 11.1 Å². The molecule has 2 aliphatic rings. The predicted molar refractivity (Wildman–Crippen MR) is 96.3 cm³/mol. The minimum absolute atomic E-state index is 0.0360. The summed E-state index contributed by atoms with van der Waals surface area (Å²) in [6.07, 6.45) is 7.76. The number of piperazine rings is 1. The van der Waals surface area contributed by atoms with E-state index in [2.05, 4.69) is 50.7 Å². The maximum absolute atomic E-state index is 12.1. The van der Waals surface area contributed by atoms with Gasteiger partial charge in [-0.1, -0.05) is 30.3 Å². The molecule has 1 fully saturated rings. The molecular formula is C19H25N5O. The number of carbonyl (C=O) groups is 1. The van der Waals surface area contributed by atoms with Crippen molar-refractivity contribution >= 4 is 5.91 Å². The van der Waals surface area contributed by atoms with Crippen molar-refractivity contribution in [2.75, 3.05) is 26.2 Å². The van der Waals surface area contributed by atoms with Gasteiger partial charge in [-0.2, -0.15) is 10.2 Å². The summed E-state index contributed by atoms with van der Waals surface area (Å²) in [7, 11) is 0. The second kappa shape index (κ2) is 8.24. The summed E-state index contributed by atoms with van der Waals surface area (Å²) in [6, 6.07) is 10.5. The van der Waals surface area contributed by atoms with Crippen LogP contribution >= 0.6 is 0 Å². The average molecular weight is 339 g/mol. The normalized spacial score (nSPS) is 19.3. The van der Waals surface area contributed by atoms with E-state index in [0.717, 1.165) is 39.1 Å². The van der Waals surface area contributed by atoms with Gasteiger partial charge in [0.15, 0.2) is 5.66 Å². The molecule has 0 atom stereocenters. The van der Waals surface area contributed by atoms with E-state index >= 15 is 0 Å². The van der Waals surface area contributed by atoms with Gasteiger partial charge < -0.3 is 0 Å². The third-order valence-corrected chi connectivity index (χ3v) is 4.71.